The Kier molecular flexibility index (Phi) is 5.16. The number of fused-ring (bicyclic) bond motifs is 1. The van der Waals surface area contributed by atoms with Crippen LogP contribution in [0.5, 0.6) is 0 Å². The predicted octanol–water partition coefficient (Wildman–Crippen LogP) is 3.78. The van der Waals surface area contributed by atoms with Crippen LogP contribution in [0.2, 0.25) is 0 Å². The van der Waals surface area contributed by atoms with Crippen LogP contribution in [-0.4, -0.2) is 32.9 Å². The van der Waals surface area contributed by atoms with Crippen molar-refractivity contribution >= 4 is 5.95 Å². The van der Waals surface area contributed by atoms with Crippen LogP contribution in [0.3, 0.4) is 0 Å². The minimum atomic E-state index is 0.0243. The van der Waals surface area contributed by atoms with Gasteiger partial charge in [0.2, 0.25) is 5.95 Å². The van der Waals surface area contributed by atoms with Crippen molar-refractivity contribution in [2.24, 2.45) is 0 Å². The van der Waals surface area contributed by atoms with Gasteiger partial charge in [0.15, 0.2) is 0 Å². The number of rotatable bonds is 6. The molecule has 1 aromatic carbocycles. The van der Waals surface area contributed by atoms with E-state index in [9.17, 15) is 0 Å². The van der Waals surface area contributed by atoms with E-state index >= 15 is 0 Å². The van der Waals surface area contributed by atoms with Gasteiger partial charge in [-0.05, 0) is 37.0 Å². The van der Waals surface area contributed by atoms with E-state index in [0.29, 0.717) is 12.5 Å². The molecule has 1 aliphatic rings. The normalized spacial score (nSPS) is 16.1. The minimum Gasteiger partial charge on any atom is -0.371 e. The van der Waals surface area contributed by atoms with Crippen molar-refractivity contribution in [2.75, 3.05) is 18.5 Å². The van der Waals surface area contributed by atoms with E-state index in [1.807, 2.05) is 16.9 Å². The highest BCUT2D eigenvalue weighted by Gasteiger charge is 2.20. The standard InChI is InChI=1S/C21H25N5O/c1-3-11-26-15(2)18(13-24-26)19-8-10-22-21(25-19)23-14-20-17-7-5-4-6-16(17)9-12-27-20/h4-8,10,13,20H,3,9,11-12,14H2,1-2H3,(H,22,23,25). The van der Waals surface area contributed by atoms with Crippen molar-refractivity contribution in [3.05, 3.63) is 59.5 Å². The molecule has 0 aliphatic carbocycles. The Balaban J connectivity index is 1.49. The summed E-state index contributed by atoms with van der Waals surface area (Å²) in [6, 6.07) is 10.4. The largest absolute Gasteiger partial charge is 0.371 e. The number of hydrogen-bond acceptors (Lipinski definition) is 5. The zero-order chi connectivity index (χ0) is 18.6. The second-order valence-corrected chi connectivity index (χ2v) is 6.82. The number of aromatic nitrogens is 4. The van der Waals surface area contributed by atoms with Crippen molar-refractivity contribution in [1.82, 2.24) is 19.7 Å². The van der Waals surface area contributed by atoms with E-state index in [1.54, 1.807) is 6.20 Å². The van der Waals surface area contributed by atoms with Gasteiger partial charge in [-0.2, -0.15) is 5.10 Å². The van der Waals surface area contributed by atoms with Gasteiger partial charge in [-0.25, -0.2) is 9.97 Å². The fourth-order valence-electron chi connectivity index (χ4n) is 3.56. The van der Waals surface area contributed by atoms with Crippen LogP contribution in [-0.2, 0) is 17.7 Å². The summed E-state index contributed by atoms with van der Waals surface area (Å²) in [5.41, 5.74) is 5.68. The van der Waals surface area contributed by atoms with E-state index in [1.165, 1.54) is 11.1 Å². The molecule has 0 spiro atoms. The molecule has 1 N–H and O–H groups in total. The molecule has 4 rings (SSSR count). The lowest BCUT2D eigenvalue weighted by Crippen LogP contribution is -2.23. The summed E-state index contributed by atoms with van der Waals surface area (Å²) in [4.78, 5) is 9.06. The fourth-order valence-corrected chi connectivity index (χ4v) is 3.56. The molecule has 6 nitrogen and oxygen atoms in total. The number of aryl methyl sites for hydroxylation is 1. The van der Waals surface area contributed by atoms with E-state index in [4.69, 9.17) is 4.74 Å². The maximum atomic E-state index is 5.96. The SMILES string of the molecule is CCCn1ncc(-c2ccnc(NCC3OCCc4ccccc43)n2)c1C. The Morgan fingerprint density at radius 3 is 3.04 bits per heavy atom. The Hall–Kier alpha value is -2.73. The van der Waals surface area contributed by atoms with Crippen LogP contribution in [0, 0.1) is 6.92 Å². The van der Waals surface area contributed by atoms with Crippen molar-refractivity contribution < 1.29 is 4.74 Å². The molecule has 3 aromatic rings. The Labute approximate surface area is 159 Å². The van der Waals surface area contributed by atoms with Crippen molar-refractivity contribution in [1.29, 1.82) is 0 Å². The van der Waals surface area contributed by atoms with Crippen LogP contribution in [0.25, 0.3) is 11.3 Å². The zero-order valence-electron chi connectivity index (χ0n) is 15.9. The maximum Gasteiger partial charge on any atom is 0.223 e. The first kappa shape index (κ1) is 17.7. The summed E-state index contributed by atoms with van der Waals surface area (Å²) in [6.45, 7) is 6.55. The number of ether oxygens (including phenoxy) is 1. The first-order valence-electron chi connectivity index (χ1n) is 9.55. The molecule has 1 unspecified atom stereocenters. The van der Waals surface area contributed by atoms with Gasteiger partial charge >= 0.3 is 0 Å². The molecule has 0 saturated heterocycles. The third kappa shape index (κ3) is 3.71. The third-order valence-electron chi connectivity index (χ3n) is 5.01. The van der Waals surface area contributed by atoms with Crippen LogP contribution in [0.1, 0.15) is 36.3 Å². The van der Waals surface area contributed by atoms with Gasteiger partial charge in [-0.1, -0.05) is 31.2 Å². The fraction of sp³-hybridized carbons (Fsp3) is 0.381. The quantitative estimate of drug-likeness (QED) is 0.722. The molecule has 1 atom stereocenters. The second-order valence-electron chi connectivity index (χ2n) is 6.82. The van der Waals surface area contributed by atoms with Crippen LogP contribution < -0.4 is 5.32 Å². The molecule has 2 aromatic heterocycles. The highest BCUT2D eigenvalue weighted by atomic mass is 16.5. The molecule has 0 bridgehead atoms. The molecule has 140 valence electrons. The van der Waals surface area contributed by atoms with Gasteiger partial charge in [0.25, 0.3) is 0 Å². The van der Waals surface area contributed by atoms with Gasteiger partial charge in [-0.3, -0.25) is 4.68 Å². The Bertz CT molecular complexity index is 920. The van der Waals surface area contributed by atoms with Gasteiger partial charge in [0.05, 0.1) is 18.5 Å². The van der Waals surface area contributed by atoms with Gasteiger partial charge < -0.3 is 10.1 Å². The topological polar surface area (TPSA) is 64.9 Å². The highest BCUT2D eigenvalue weighted by molar-refractivity contribution is 5.61. The second kappa shape index (κ2) is 7.88. The first-order chi connectivity index (χ1) is 13.3. The monoisotopic (exact) mass is 363 g/mol. The molecule has 27 heavy (non-hydrogen) atoms. The summed E-state index contributed by atoms with van der Waals surface area (Å²) in [7, 11) is 0. The van der Waals surface area contributed by atoms with Crippen LogP contribution >= 0.6 is 0 Å². The van der Waals surface area contributed by atoms with Crippen molar-refractivity contribution in [3.63, 3.8) is 0 Å². The van der Waals surface area contributed by atoms with E-state index in [2.05, 4.69) is 58.5 Å². The van der Waals surface area contributed by atoms with Crippen molar-refractivity contribution in [3.8, 4) is 11.3 Å². The summed E-state index contributed by atoms with van der Waals surface area (Å²) < 4.78 is 7.98. The van der Waals surface area contributed by atoms with Gasteiger partial charge in [-0.15, -0.1) is 0 Å². The van der Waals surface area contributed by atoms with Gasteiger partial charge in [0, 0.05) is 30.5 Å². The van der Waals surface area contributed by atoms with E-state index in [-0.39, 0.29) is 6.10 Å². The minimum absolute atomic E-state index is 0.0243. The van der Waals surface area contributed by atoms with Gasteiger partial charge in [0.1, 0.15) is 6.10 Å². The average Bonchev–Trinajstić information content (AvgIpc) is 3.07. The Morgan fingerprint density at radius 2 is 2.15 bits per heavy atom. The van der Waals surface area contributed by atoms with E-state index in [0.717, 1.165) is 42.9 Å². The summed E-state index contributed by atoms with van der Waals surface area (Å²) in [6.07, 6.45) is 5.73. The lowest BCUT2D eigenvalue weighted by atomic mass is 9.98. The lowest BCUT2D eigenvalue weighted by Gasteiger charge is -2.26. The average molecular weight is 363 g/mol. The van der Waals surface area contributed by atoms with Crippen LogP contribution in [0.4, 0.5) is 5.95 Å². The summed E-state index contributed by atoms with van der Waals surface area (Å²) in [5.74, 6) is 0.613. The first-order valence-corrected chi connectivity index (χ1v) is 9.55. The molecule has 3 heterocycles. The molecule has 6 heteroatoms. The third-order valence-corrected chi connectivity index (χ3v) is 5.01. The maximum absolute atomic E-state index is 5.96. The number of nitrogens with zero attached hydrogens (tertiary/aromatic N) is 4. The summed E-state index contributed by atoms with van der Waals surface area (Å²) >= 11 is 0. The van der Waals surface area contributed by atoms with E-state index < -0.39 is 0 Å². The number of benzene rings is 1. The molecule has 0 fully saturated rings. The molecule has 0 amide bonds. The number of nitrogens with one attached hydrogen (secondary N) is 1. The molecular formula is C21H25N5O. The molecule has 1 aliphatic heterocycles. The number of anilines is 1. The van der Waals surface area contributed by atoms with Crippen LogP contribution in [0.15, 0.2) is 42.7 Å². The lowest BCUT2D eigenvalue weighted by molar-refractivity contribution is 0.0512. The molecule has 0 radical (unpaired) electrons. The smallest absolute Gasteiger partial charge is 0.223 e. The number of hydrogen-bond donors (Lipinski definition) is 1. The predicted molar refractivity (Wildman–Crippen MR) is 106 cm³/mol. The molecular weight excluding hydrogens is 338 g/mol. The Morgan fingerprint density at radius 1 is 1.26 bits per heavy atom. The molecule has 0 saturated carbocycles. The highest BCUT2D eigenvalue weighted by Crippen LogP contribution is 2.27. The summed E-state index contributed by atoms with van der Waals surface area (Å²) in [5, 5.41) is 7.81. The zero-order valence-corrected chi connectivity index (χ0v) is 15.9. The van der Waals surface area contributed by atoms with Crippen molar-refractivity contribution in [2.45, 2.75) is 39.3 Å².